The number of hydrogen-bond donors (Lipinski definition) is 3. The number of benzene rings is 1. The van der Waals surface area contributed by atoms with E-state index in [1.54, 1.807) is 6.92 Å². The fourth-order valence-electron chi connectivity index (χ4n) is 1.73. The number of carboxylic acids is 1. The molecule has 0 bridgehead atoms. The molecule has 1 rings (SSSR count). The van der Waals surface area contributed by atoms with Crippen molar-refractivity contribution in [2.45, 2.75) is 44.9 Å². The Bertz CT molecular complexity index is 567. The zero-order valence-electron chi connectivity index (χ0n) is 13.4. The number of carbonyl (C=O) groups is 1. The van der Waals surface area contributed by atoms with Crippen LogP contribution >= 0.6 is 0 Å². The number of aryl methyl sites for hydroxylation is 1. The molecule has 6 nitrogen and oxygen atoms in total. The minimum absolute atomic E-state index is 0.0654. The summed E-state index contributed by atoms with van der Waals surface area (Å²) in [4.78, 5) is 10.7. The molecule has 0 unspecified atom stereocenters. The number of nitrogens with one attached hydrogen (secondary N) is 1. The lowest BCUT2D eigenvalue weighted by Gasteiger charge is -2.05. The quantitative estimate of drug-likeness (QED) is 0.662. The third-order valence-electron chi connectivity index (χ3n) is 2.97. The zero-order chi connectivity index (χ0) is 17.2. The zero-order valence-corrected chi connectivity index (χ0v) is 14.2. The number of rotatable bonds is 7. The van der Waals surface area contributed by atoms with Gasteiger partial charge in [-0.15, -0.1) is 0 Å². The maximum atomic E-state index is 11.0. The molecule has 0 fully saturated rings. The molecule has 4 N–H and O–H groups in total. The highest BCUT2D eigenvalue weighted by Crippen LogP contribution is 2.15. The molecule has 0 aliphatic rings. The molecule has 22 heavy (non-hydrogen) atoms. The molecule has 0 amide bonds. The number of nitrogens with two attached hydrogens (primary N) is 1. The first-order valence-corrected chi connectivity index (χ1v) is 8.92. The molecular formula is C15H26N2O4S. The minimum Gasteiger partial charge on any atom is -0.478 e. The standard InChI is InChI=1S/C9H11NO4S.C6H15N/c1-2-6-5-7(15(10,13)14)3-4-8(6)9(11)12;1-3-5-6-7-4-2/h3-5H,2H2,1H3,(H,11,12)(H2,10,13,14);7H,3-6H2,1-2H3. The third kappa shape index (κ3) is 7.53. The third-order valence-corrected chi connectivity index (χ3v) is 3.88. The van der Waals surface area contributed by atoms with Crippen LogP contribution in [0.3, 0.4) is 0 Å². The van der Waals surface area contributed by atoms with Crippen molar-refractivity contribution in [1.82, 2.24) is 5.32 Å². The van der Waals surface area contributed by atoms with E-state index < -0.39 is 16.0 Å². The molecule has 1 aromatic rings. The SMILES string of the molecule is CCCCNCC.CCc1cc(S(N)(=O)=O)ccc1C(=O)O. The Morgan fingerprint density at radius 2 is 1.91 bits per heavy atom. The second-order valence-electron chi connectivity index (χ2n) is 4.73. The Morgan fingerprint density at radius 3 is 2.32 bits per heavy atom. The van der Waals surface area contributed by atoms with Gasteiger partial charge in [0.1, 0.15) is 0 Å². The lowest BCUT2D eigenvalue weighted by atomic mass is 10.1. The summed E-state index contributed by atoms with van der Waals surface area (Å²) < 4.78 is 22.0. The van der Waals surface area contributed by atoms with Gasteiger partial charge in [-0.1, -0.05) is 27.2 Å². The predicted octanol–water partition coefficient (Wildman–Crippen LogP) is 1.99. The average molecular weight is 330 g/mol. The molecule has 0 aliphatic heterocycles. The molecule has 7 heteroatoms. The van der Waals surface area contributed by atoms with Crippen molar-refractivity contribution >= 4 is 16.0 Å². The van der Waals surface area contributed by atoms with Crippen LogP contribution in [0.2, 0.25) is 0 Å². The molecular weight excluding hydrogens is 304 g/mol. The van der Waals surface area contributed by atoms with E-state index in [9.17, 15) is 13.2 Å². The maximum absolute atomic E-state index is 11.0. The molecule has 0 radical (unpaired) electrons. The number of aromatic carboxylic acids is 1. The second-order valence-corrected chi connectivity index (χ2v) is 6.29. The molecule has 0 heterocycles. The van der Waals surface area contributed by atoms with E-state index in [-0.39, 0.29) is 10.5 Å². The average Bonchev–Trinajstić information content (AvgIpc) is 2.46. The van der Waals surface area contributed by atoms with Gasteiger partial charge in [-0.05, 0) is 49.7 Å². The maximum Gasteiger partial charge on any atom is 0.335 e. The van der Waals surface area contributed by atoms with Gasteiger partial charge in [-0.2, -0.15) is 0 Å². The Morgan fingerprint density at radius 1 is 1.27 bits per heavy atom. The molecule has 0 saturated heterocycles. The lowest BCUT2D eigenvalue weighted by Crippen LogP contribution is -2.13. The summed E-state index contributed by atoms with van der Waals surface area (Å²) in [6, 6.07) is 3.73. The van der Waals surface area contributed by atoms with Gasteiger partial charge in [0.15, 0.2) is 0 Å². The van der Waals surface area contributed by atoms with Crippen LogP contribution in [0.5, 0.6) is 0 Å². The molecule has 0 atom stereocenters. The molecule has 0 aliphatic carbocycles. The van der Waals surface area contributed by atoms with E-state index in [0.717, 1.165) is 6.54 Å². The van der Waals surface area contributed by atoms with E-state index in [1.165, 1.54) is 37.6 Å². The number of primary sulfonamides is 1. The van der Waals surface area contributed by atoms with Crippen LogP contribution in [0.1, 0.15) is 49.5 Å². The van der Waals surface area contributed by atoms with Crippen molar-refractivity contribution in [3.63, 3.8) is 0 Å². The van der Waals surface area contributed by atoms with Crippen LogP contribution in [0.25, 0.3) is 0 Å². The summed E-state index contributed by atoms with van der Waals surface area (Å²) in [6.45, 7) is 8.38. The molecule has 126 valence electrons. The van der Waals surface area contributed by atoms with Crippen LogP contribution in [0, 0.1) is 0 Å². The summed E-state index contributed by atoms with van der Waals surface area (Å²) >= 11 is 0. The fraction of sp³-hybridized carbons (Fsp3) is 0.533. The topological polar surface area (TPSA) is 109 Å². The number of carboxylic acid groups (broad SMARTS) is 1. The Labute approximate surface area is 132 Å². The highest BCUT2D eigenvalue weighted by Gasteiger charge is 2.13. The number of unbranched alkanes of at least 4 members (excludes halogenated alkanes) is 1. The van der Waals surface area contributed by atoms with Crippen LogP contribution in [-0.4, -0.2) is 32.6 Å². The molecule has 0 saturated carbocycles. The highest BCUT2D eigenvalue weighted by atomic mass is 32.2. The minimum atomic E-state index is -3.77. The summed E-state index contributed by atoms with van der Waals surface area (Å²) in [5, 5.41) is 17.0. The Kier molecular flexibility index (Phi) is 9.64. The Hall–Kier alpha value is -1.44. The fourth-order valence-corrected chi connectivity index (χ4v) is 2.29. The van der Waals surface area contributed by atoms with Crippen molar-refractivity contribution < 1.29 is 18.3 Å². The van der Waals surface area contributed by atoms with Gasteiger partial charge in [0.2, 0.25) is 10.0 Å². The summed E-state index contributed by atoms with van der Waals surface area (Å²) in [7, 11) is -3.77. The number of hydrogen-bond acceptors (Lipinski definition) is 4. The first-order chi connectivity index (χ1) is 10.3. The van der Waals surface area contributed by atoms with Crippen LogP contribution in [0.15, 0.2) is 23.1 Å². The van der Waals surface area contributed by atoms with Gasteiger partial charge >= 0.3 is 5.97 Å². The van der Waals surface area contributed by atoms with E-state index in [0.29, 0.717) is 12.0 Å². The monoisotopic (exact) mass is 330 g/mol. The van der Waals surface area contributed by atoms with Crippen molar-refractivity contribution in [1.29, 1.82) is 0 Å². The van der Waals surface area contributed by atoms with Crippen molar-refractivity contribution in [2.75, 3.05) is 13.1 Å². The van der Waals surface area contributed by atoms with E-state index in [4.69, 9.17) is 10.2 Å². The van der Waals surface area contributed by atoms with Gasteiger partial charge in [-0.25, -0.2) is 18.4 Å². The van der Waals surface area contributed by atoms with Crippen molar-refractivity contribution in [3.05, 3.63) is 29.3 Å². The summed E-state index contributed by atoms with van der Waals surface area (Å²) in [6.07, 6.45) is 3.05. The van der Waals surface area contributed by atoms with Gasteiger partial charge < -0.3 is 10.4 Å². The summed E-state index contributed by atoms with van der Waals surface area (Å²) in [5.41, 5.74) is 0.555. The van der Waals surface area contributed by atoms with Gasteiger partial charge in [0.25, 0.3) is 0 Å². The van der Waals surface area contributed by atoms with Gasteiger partial charge in [-0.3, -0.25) is 0 Å². The van der Waals surface area contributed by atoms with Gasteiger partial charge in [0.05, 0.1) is 10.5 Å². The smallest absolute Gasteiger partial charge is 0.335 e. The van der Waals surface area contributed by atoms with Crippen molar-refractivity contribution in [2.24, 2.45) is 5.14 Å². The molecule has 0 aromatic heterocycles. The molecule has 0 spiro atoms. The van der Waals surface area contributed by atoms with Gasteiger partial charge in [0, 0.05) is 0 Å². The molecule has 1 aromatic carbocycles. The Balaban J connectivity index is 0.000000534. The van der Waals surface area contributed by atoms with Crippen LogP contribution in [-0.2, 0) is 16.4 Å². The second kappa shape index (κ2) is 10.3. The normalized spacial score (nSPS) is 10.7. The van der Waals surface area contributed by atoms with Crippen LogP contribution in [0.4, 0.5) is 0 Å². The summed E-state index contributed by atoms with van der Waals surface area (Å²) in [5.74, 6) is -1.08. The van der Waals surface area contributed by atoms with E-state index >= 15 is 0 Å². The number of sulfonamides is 1. The predicted molar refractivity (Wildman–Crippen MR) is 87.6 cm³/mol. The largest absolute Gasteiger partial charge is 0.478 e. The van der Waals surface area contributed by atoms with Crippen LogP contribution < -0.4 is 10.5 Å². The lowest BCUT2D eigenvalue weighted by molar-refractivity contribution is 0.0695. The first-order valence-electron chi connectivity index (χ1n) is 7.37. The first kappa shape index (κ1) is 20.6. The van der Waals surface area contributed by atoms with E-state index in [2.05, 4.69) is 19.2 Å². The van der Waals surface area contributed by atoms with Crippen molar-refractivity contribution in [3.8, 4) is 0 Å². The van der Waals surface area contributed by atoms with E-state index in [1.807, 2.05) is 0 Å². The highest BCUT2D eigenvalue weighted by molar-refractivity contribution is 7.89.